The molecule has 4 heteroatoms. The number of aryl methyl sites for hydroxylation is 2. The zero-order valence-corrected chi connectivity index (χ0v) is 14.3. The van der Waals surface area contributed by atoms with Crippen LogP contribution in [0.1, 0.15) is 30.0 Å². The second-order valence-corrected chi connectivity index (χ2v) is 5.80. The number of nitrogens with one attached hydrogen (secondary N) is 1. The number of rotatable bonds is 6. The van der Waals surface area contributed by atoms with Crippen LogP contribution in [0.5, 0.6) is 5.75 Å². The van der Waals surface area contributed by atoms with Crippen molar-refractivity contribution in [1.82, 2.24) is 0 Å². The molecule has 0 spiro atoms. The summed E-state index contributed by atoms with van der Waals surface area (Å²) in [6.07, 6.45) is 0.387. The van der Waals surface area contributed by atoms with E-state index in [0.29, 0.717) is 18.5 Å². The Morgan fingerprint density at radius 3 is 2.50 bits per heavy atom. The van der Waals surface area contributed by atoms with Gasteiger partial charge in [0.15, 0.2) is 6.10 Å². The first-order valence-electron chi connectivity index (χ1n) is 8.04. The van der Waals surface area contributed by atoms with Gasteiger partial charge in [-0.2, -0.15) is 5.26 Å². The summed E-state index contributed by atoms with van der Waals surface area (Å²) in [6.45, 7) is 5.92. The molecule has 2 aromatic carbocycles. The molecule has 1 atom stereocenters. The van der Waals surface area contributed by atoms with Gasteiger partial charge in [-0.1, -0.05) is 36.8 Å². The molecule has 0 saturated carbocycles. The Balaban J connectivity index is 2.04. The molecule has 124 valence electrons. The lowest BCUT2D eigenvalue weighted by Crippen LogP contribution is -2.32. The van der Waals surface area contributed by atoms with Crippen molar-refractivity contribution in [3.05, 3.63) is 59.2 Å². The van der Waals surface area contributed by atoms with Gasteiger partial charge in [0.1, 0.15) is 5.75 Å². The average molecular weight is 322 g/mol. The number of anilines is 1. The molecule has 0 aromatic heterocycles. The molecule has 1 N–H and O–H groups in total. The van der Waals surface area contributed by atoms with E-state index in [2.05, 4.69) is 11.4 Å². The molecule has 1 amide bonds. The van der Waals surface area contributed by atoms with Crippen molar-refractivity contribution < 1.29 is 9.53 Å². The van der Waals surface area contributed by atoms with E-state index < -0.39 is 6.10 Å². The number of amides is 1. The second-order valence-electron chi connectivity index (χ2n) is 5.80. The molecule has 0 unspecified atom stereocenters. The zero-order valence-electron chi connectivity index (χ0n) is 14.3. The van der Waals surface area contributed by atoms with Crippen molar-refractivity contribution in [2.24, 2.45) is 0 Å². The fourth-order valence-corrected chi connectivity index (χ4v) is 2.43. The van der Waals surface area contributed by atoms with Gasteiger partial charge >= 0.3 is 0 Å². The van der Waals surface area contributed by atoms with Gasteiger partial charge in [0.05, 0.1) is 12.5 Å². The van der Waals surface area contributed by atoms with E-state index in [9.17, 15) is 4.79 Å². The average Bonchev–Trinajstić information content (AvgIpc) is 2.56. The molecule has 0 bridgehead atoms. The maximum atomic E-state index is 12.4. The molecular weight excluding hydrogens is 300 g/mol. The zero-order chi connectivity index (χ0) is 17.5. The van der Waals surface area contributed by atoms with Crippen molar-refractivity contribution >= 4 is 11.6 Å². The highest BCUT2D eigenvalue weighted by molar-refractivity contribution is 5.94. The van der Waals surface area contributed by atoms with E-state index in [1.165, 1.54) is 0 Å². The van der Waals surface area contributed by atoms with Gasteiger partial charge in [0.2, 0.25) is 0 Å². The third kappa shape index (κ3) is 4.60. The Morgan fingerprint density at radius 2 is 1.92 bits per heavy atom. The summed E-state index contributed by atoms with van der Waals surface area (Å²) in [5, 5.41) is 11.5. The van der Waals surface area contributed by atoms with Crippen molar-refractivity contribution in [1.29, 1.82) is 5.26 Å². The number of nitriles is 1. The molecule has 0 aliphatic carbocycles. The lowest BCUT2D eigenvalue weighted by atomic mass is 10.1. The standard InChI is InChI=1S/C20H22N2O2/c1-4-18(24-19-10-5-14(2)13-15(19)3)20(23)22-17-8-6-16(7-9-17)11-12-21/h5-10,13,18H,4,11H2,1-3H3,(H,22,23)/t18-/m0/s1. The van der Waals surface area contributed by atoms with Crippen molar-refractivity contribution in [3.63, 3.8) is 0 Å². The minimum atomic E-state index is -0.551. The highest BCUT2D eigenvalue weighted by Crippen LogP contribution is 2.21. The largest absolute Gasteiger partial charge is 0.480 e. The fourth-order valence-electron chi connectivity index (χ4n) is 2.43. The van der Waals surface area contributed by atoms with Crippen LogP contribution in [0.4, 0.5) is 5.69 Å². The first-order valence-corrected chi connectivity index (χ1v) is 8.04. The van der Waals surface area contributed by atoms with E-state index in [1.54, 1.807) is 12.1 Å². The Hall–Kier alpha value is -2.80. The van der Waals surface area contributed by atoms with Gasteiger partial charge < -0.3 is 10.1 Å². The number of carbonyl (C=O) groups excluding carboxylic acids is 1. The molecule has 0 saturated heterocycles. The molecule has 0 radical (unpaired) electrons. The molecule has 24 heavy (non-hydrogen) atoms. The predicted molar refractivity (Wildman–Crippen MR) is 95.0 cm³/mol. The lowest BCUT2D eigenvalue weighted by molar-refractivity contribution is -0.122. The second kappa shape index (κ2) is 8.16. The first-order chi connectivity index (χ1) is 11.5. The van der Waals surface area contributed by atoms with E-state index >= 15 is 0 Å². The van der Waals surface area contributed by atoms with Crippen LogP contribution < -0.4 is 10.1 Å². The topological polar surface area (TPSA) is 62.1 Å². The van der Waals surface area contributed by atoms with Gasteiger partial charge in [-0.05, 0) is 49.6 Å². The molecule has 2 aromatic rings. The Morgan fingerprint density at radius 1 is 1.21 bits per heavy atom. The highest BCUT2D eigenvalue weighted by Gasteiger charge is 2.19. The van der Waals surface area contributed by atoms with Gasteiger partial charge in [-0.25, -0.2) is 0 Å². The normalized spacial score (nSPS) is 11.4. The van der Waals surface area contributed by atoms with Crippen LogP contribution in [0.2, 0.25) is 0 Å². The van der Waals surface area contributed by atoms with Crippen LogP contribution in [0, 0.1) is 25.2 Å². The smallest absolute Gasteiger partial charge is 0.265 e. The number of benzene rings is 2. The van der Waals surface area contributed by atoms with Gasteiger partial charge in [-0.15, -0.1) is 0 Å². The molecule has 4 nitrogen and oxygen atoms in total. The van der Waals surface area contributed by atoms with E-state index in [4.69, 9.17) is 10.00 Å². The van der Waals surface area contributed by atoms with Crippen LogP contribution in [0.25, 0.3) is 0 Å². The summed E-state index contributed by atoms with van der Waals surface area (Å²) in [5.74, 6) is 0.553. The monoisotopic (exact) mass is 322 g/mol. The van der Waals surface area contributed by atoms with Crippen molar-refractivity contribution in [2.75, 3.05) is 5.32 Å². The van der Waals surface area contributed by atoms with Crippen LogP contribution in [-0.2, 0) is 11.2 Å². The van der Waals surface area contributed by atoms with Crippen LogP contribution in [0.3, 0.4) is 0 Å². The van der Waals surface area contributed by atoms with Crippen LogP contribution >= 0.6 is 0 Å². The maximum Gasteiger partial charge on any atom is 0.265 e. The molecular formula is C20H22N2O2. The van der Waals surface area contributed by atoms with Crippen molar-refractivity contribution in [3.8, 4) is 11.8 Å². The summed E-state index contributed by atoms with van der Waals surface area (Å²) < 4.78 is 5.89. The minimum absolute atomic E-state index is 0.175. The third-order valence-electron chi connectivity index (χ3n) is 3.77. The molecule has 0 fully saturated rings. The summed E-state index contributed by atoms with van der Waals surface area (Å²) in [7, 11) is 0. The van der Waals surface area contributed by atoms with Crippen LogP contribution in [-0.4, -0.2) is 12.0 Å². The minimum Gasteiger partial charge on any atom is -0.480 e. The summed E-state index contributed by atoms with van der Waals surface area (Å²) in [4.78, 5) is 12.4. The predicted octanol–water partition coefficient (Wildman–Crippen LogP) is 4.17. The first kappa shape index (κ1) is 17.6. The maximum absolute atomic E-state index is 12.4. The lowest BCUT2D eigenvalue weighted by Gasteiger charge is -2.19. The highest BCUT2D eigenvalue weighted by atomic mass is 16.5. The number of ether oxygens (including phenoxy) is 1. The van der Waals surface area contributed by atoms with E-state index in [1.807, 2.05) is 51.1 Å². The Bertz CT molecular complexity index is 745. The quantitative estimate of drug-likeness (QED) is 0.868. The number of nitrogens with zero attached hydrogens (tertiary/aromatic N) is 1. The van der Waals surface area contributed by atoms with Crippen molar-refractivity contribution in [2.45, 2.75) is 39.7 Å². The number of hydrogen-bond donors (Lipinski definition) is 1. The van der Waals surface area contributed by atoms with Gasteiger partial charge in [0, 0.05) is 5.69 Å². The number of carbonyl (C=O) groups is 1. The summed E-state index contributed by atoms with van der Waals surface area (Å²) in [5.41, 5.74) is 3.80. The molecule has 0 aliphatic heterocycles. The Kier molecular flexibility index (Phi) is 5.97. The number of hydrogen-bond acceptors (Lipinski definition) is 3. The Labute approximate surface area is 143 Å². The SMILES string of the molecule is CC[C@H](Oc1ccc(C)cc1C)C(=O)Nc1ccc(CC#N)cc1. The fraction of sp³-hybridized carbons (Fsp3) is 0.300. The molecule has 0 aliphatic rings. The molecule has 2 rings (SSSR count). The van der Waals surface area contributed by atoms with Crippen LogP contribution in [0.15, 0.2) is 42.5 Å². The van der Waals surface area contributed by atoms with Gasteiger partial charge in [-0.3, -0.25) is 4.79 Å². The van der Waals surface area contributed by atoms with Gasteiger partial charge in [0.25, 0.3) is 5.91 Å². The van der Waals surface area contributed by atoms with E-state index in [-0.39, 0.29) is 5.91 Å². The summed E-state index contributed by atoms with van der Waals surface area (Å²) >= 11 is 0. The molecule has 0 heterocycles. The third-order valence-corrected chi connectivity index (χ3v) is 3.77. The summed E-state index contributed by atoms with van der Waals surface area (Å²) in [6, 6.07) is 15.3. The van der Waals surface area contributed by atoms with E-state index in [0.717, 1.165) is 22.4 Å².